The Bertz CT molecular complexity index is 1060. The summed E-state index contributed by atoms with van der Waals surface area (Å²) in [7, 11) is 0. The summed E-state index contributed by atoms with van der Waals surface area (Å²) in [4.78, 5) is 42.3. The number of ether oxygens (including phenoxy) is 1. The summed E-state index contributed by atoms with van der Waals surface area (Å²) >= 11 is 0. The molecule has 3 amide bonds. The topological polar surface area (TPSA) is 143 Å². The fraction of sp³-hybridized carbons (Fsp3) is 0.741. The second-order valence-electron chi connectivity index (χ2n) is 11.6. The molecule has 0 aromatic carbocycles. The van der Waals surface area contributed by atoms with Crippen molar-refractivity contribution in [1.82, 2.24) is 19.8 Å². The van der Waals surface area contributed by atoms with Crippen molar-refractivity contribution in [3.63, 3.8) is 0 Å². The van der Waals surface area contributed by atoms with Crippen molar-refractivity contribution in [2.45, 2.75) is 70.9 Å². The lowest BCUT2D eigenvalue weighted by atomic mass is 9.84. The molecular weight excluding hydrogens is 522 g/mol. The number of nitrogens with two attached hydrogens (primary N) is 2. The number of likely N-dealkylation sites (tertiary alicyclic amines) is 2. The molecule has 0 bridgehead atoms. The summed E-state index contributed by atoms with van der Waals surface area (Å²) in [6, 6.07) is -1.22. The molecule has 40 heavy (non-hydrogen) atoms. The van der Waals surface area contributed by atoms with Crippen LogP contribution in [0.3, 0.4) is 0 Å². The van der Waals surface area contributed by atoms with Crippen LogP contribution in [0.1, 0.15) is 52.9 Å². The van der Waals surface area contributed by atoms with Gasteiger partial charge in [-0.1, -0.05) is 20.8 Å². The van der Waals surface area contributed by atoms with Gasteiger partial charge in [-0.15, -0.1) is 0 Å². The number of alkyl halides is 2. The van der Waals surface area contributed by atoms with Crippen LogP contribution in [0.2, 0.25) is 0 Å². The van der Waals surface area contributed by atoms with Crippen LogP contribution in [0.5, 0.6) is 5.75 Å². The maximum Gasteiger partial charge on any atom is 0.345 e. The maximum absolute atomic E-state index is 13.9. The van der Waals surface area contributed by atoms with E-state index in [9.17, 15) is 18.4 Å². The molecule has 3 atom stereocenters. The summed E-state index contributed by atoms with van der Waals surface area (Å²) in [6.45, 7) is 7.98. The lowest BCUT2D eigenvalue weighted by Crippen LogP contribution is -2.56. The highest BCUT2D eigenvalue weighted by atomic mass is 19.3. The SMILES string of the molecule is CC(C)C(N)=NC(=O)N1CCC(C(C)CCOc2cnc(N3CC(N)C(N4CC(F)(F)CCC4=O)C3)nc2)CC1. The van der Waals surface area contributed by atoms with Gasteiger partial charge in [-0.3, -0.25) is 4.79 Å². The monoisotopic (exact) mass is 564 g/mol. The lowest BCUT2D eigenvalue weighted by Gasteiger charge is -2.37. The molecule has 0 spiro atoms. The molecule has 0 radical (unpaired) electrons. The minimum absolute atomic E-state index is 0.0451. The summed E-state index contributed by atoms with van der Waals surface area (Å²) in [6.07, 6.45) is 5.30. The number of amidine groups is 1. The molecule has 222 valence electrons. The molecule has 1 aromatic heterocycles. The third-order valence-electron chi connectivity index (χ3n) is 8.33. The number of aliphatic imine (C=N–C) groups is 1. The number of halogens is 2. The van der Waals surface area contributed by atoms with Crippen LogP contribution >= 0.6 is 0 Å². The number of piperidine rings is 2. The molecule has 0 saturated carbocycles. The summed E-state index contributed by atoms with van der Waals surface area (Å²) in [5.74, 6) is -0.869. The Morgan fingerprint density at radius 2 is 1.88 bits per heavy atom. The van der Waals surface area contributed by atoms with Gasteiger partial charge >= 0.3 is 6.03 Å². The van der Waals surface area contributed by atoms with Gasteiger partial charge in [0, 0.05) is 51.0 Å². The number of nitrogens with zero attached hydrogens (tertiary/aromatic N) is 6. The van der Waals surface area contributed by atoms with Gasteiger partial charge in [-0.05, 0) is 31.1 Å². The maximum atomic E-state index is 13.9. The van der Waals surface area contributed by atoms with Crippen molar-refractivity contribution in [2.75, 3.05) is 44.2 Å². The smallest absolute Gasteiger partial charge is 0.345 e. The summed E-state index contributed by atoms with van der Waals surface area (Å²) in [5.41, 5.74) is 12.1. The molecule has 3 aliphatic rings. The van der Waals surface area contributed by atoms with Crippen molar-refractivity contribution >= 4 is 23.7 Å². The van der Waals surface area contributed by atoms with Crippen LogP contribution in [0.15, 0.2) is 17.4 Å². The van der Waals surface area contributed by atoms with Gasteiger partial charge in [0.1, 0.15) is 5.84 Å². The number of hydrogen-bond donors (Lipinski definition) is 2. The Morgan fingerprint density at radius 3 is 2.52 bits per heavy atom. The second kappa shape index (κ2) is 12.6. The minimum atomic E-state index is -2.89. The van der Waals surface area contributed by atoms with Crippen molar-refractivity contribution in [3.05, 3.63) is 12.4 Å². The number of amides is 3. The van der Waals surface area contributed by atoms with E-state index in [0.29, 0.717) is 62.2 Å². The molecule has 4 heterocycles. The molecular formula is C27H42F2N8O3. The van der Waals surface area contributed by atoms with Crippen LogP contribution in [-0.4, -0.2) is 94.9 Å². The molecule has 1 aromatic rings. The Kier molecular flexibility index (Phi) is 9.42. The van der Waals surface area contributed by atoms with E-state index in [1.165, 1.54) is 4.90 Å². The fourth-order valence-corrected chi connectivity index (χ4v) is 5.57. The van der Waals surface area contributed by atoms with Crippen LogP contribution in [-0.2, 0) is 4.79 Å². The highest BCUT2D eigenvalue weighted by molar-refractivity contribution is 5.93. The third-order valence-corrected chi connectivity index (χ3v) is 8.33. The van der Waals surface area contributed by atoms with Gasteiger partial charge in [0.15, 0.2) is 5.75 Å². The lowest BCUT2D eigenvalue weighted by molar-refractivity contribution is -0.150. The molecule has 0 aliphatic carbocycles. The van der Waals surface area contributed by atoms with E-state index >= 15 is 0 Å². The van der Waals surface area contributed by atoms with Crippen LogP contribution in [0.25, 0.3) is 0 Å². The first-order valence-electron chi connectivity index (χ1n) is 14.2. The van der Waals surface area contributed by atoms with E-state index in [1.54, 1.807) is 17.3 Å². The first-order chi connectivity index (χ1) is 18.9. The molecule has 3 saturated heterocycles. The van der Waals surface area contributed by atoms with Gasteiger partial charge in [-0.25, -0.2) is 23.5 Å². The molecule has 4 rings (SSSR count). The number of carbonyl (C=O) groups is 2. The number of urea groups is 1. The predicted molar refractivity (Wildman–Crippen MR) is 147 cm³/mol. The minimum Gasteiger partial charge on any atom is -0.490 e. The standard InChI is InChI=1S/C27H42F2N8O3/c1-17(2)24(31)34-26(39)35-9-5-19(6-10-35)18(3)7-11-40-20-12-32-25(33-13-20)36-14-21(30)22(15-36)37-16-27(28,29)8-4-23(37)38/h12-13,17-19,21-22H,4-11,14-16,30H2,1-3H3,(H2,31,34,39). The molecule has 4 N–H and O–H groups in total. The fourth-order valence-electron chi connectivity index (χ4n) is 5.57. The first kappa shape index (κ1) is 29.9. The number of carbonyl (C=O) groups excluding carboxylic acids is 2. The van der Waals surface area contributed by atoms with Crippen molar-refractivity contribution in [1.29, 1.82) is 0 Å². The zero-order valence-corrected chi connectivity index (χ0v) is 23.6. The zero-order chi connectivity index (χ0) is 29.0. The van der Waals surface area contributed by atoms with Gasteiger partial charge in [0.05, 0.1) is 31.6 Å². The summed E-state index contributed by atoms with van der Waals surface area (Å²) in [5, 5.41) is 0. The van der Waals surface area contributed by atoms with E-state index < -0.39 is 31.0 Å². The van der Waals surface area contributed by atoms with Crippen molar-refractivity contribution < 1.29 is 23.1 Å². The Morgan fingerprint density at radius 1 is 1.20 bits per heavy atom. The van der Waals surface area contributed by atoms with Crippen LogP contribution < -0.4 is 21.1 Å². The molecule has 3 fully saturated rings. The average molecular weight is 565 g/mol. The van der Waals surface area contributed by atoms with Crippen molar-refractivity contribution in [3.8, 4) is 5.75 Å². The van der Waals surface area contributed by atoms with E-state index in [-0.39, 0.29) is 24.3 Å². The highest BCUT2D eigenvalue weighted by Crippen LogP contribution is 2.31. The molecule has 3 aliphatic heterocycles. The Labute approximate surface area is 234 Å². The van der Waals surface area contributed by atoms with Gasteiger partial charge in [0.25, 0.3) is 5.92 Å². The molecule has 11 nitrogen and oxygen atoms in total. The largest absolute Gasteiger partial charge is 0.490 e. The van der Waals surface area contributed by atoms with Gasteiger partial charge < -0.3 is 30.9 Å². The number of aromatic nitrogens is 2. The van der Waals surface area contributed by atoms with Crippen LogP contribution in [0.4, 0.5) is 19.5 Å². The quantitative estimate of drug-likeness (QED) is 0.362. The van der Waals surface area contributed by atoms with E-state index in [2.05, 4.69) is 21.9 Å². The number of hydrogen-bond acceptors (Lipinski definition) is 7. The zero-order valence-electron chi connectivity index (χ0n) is 23.6. The number of rotatable bonds is 8. The Balaban J connectivity index is 1.20. The number of anilines is 1. The first-order valence-corrected chi connectivity index (χ1v) is 14.2. The van der Waals surface area contributed by atoms with Gasteiger partial charge in [-0.2, -0.15) is 4.99 Å². The molecule has 13 heteroatoms. The van der Waals surface area contributed by atoms with E-state index in [4.69, 9.17) is 16.2 Å². The van der Waals surface area contributed by atoms with E-state index in [0.717, 1.165) is 19.3 Å². The summed E-state index contributed by atoms with van der Waals surface area (Å²) < 4.78 is 33.7. The second-order valence-corrected chi connectivity index (χ2v) is 11.6. The average Bonchev–Trinajstić information content (AvgIpc) is 3.31. The normalized spacial score (nSPS) is 25.0. The predicted octanol–water partition coefficient (Wildman–Crippen LogP) is 2.50. The van der Waals surface area contributed by atoms with Crippen LogP contribution in [0, 0.1) is 17.8 Å². The van der Waals surface area contributed by atoms with Gasteiger partial charge in [0.2, 0.25) is 11.9 Å². The molecule has 3 unspecified atom stereocenters. The van der Waals surface area contributed by atoms with E-state index in [1.807, 2.05) is 18.7 Å². The third kappa shape index (κ3) is 7.35. The Hall–Kier alpha value is -3.09. The van der Waals surface area contributed by atoms with Crippen molar-refractivity contribution in [2.24, 2.45) is 34.2 Å². The highest BCUT2D eigenvalue weighted by Gasteiger charge is 2.45.